The van der Waals surface area contributed by atoms with Crippen LogP contribution >= 0.6 is 0 Å². The van der Waals surface area contributed by atoms with Crippen LogP contribution in [0.25, 0.3) is 0 Å². The number of rotatable bonds is 1. The number of carbonyl (C=O) groups is 1. The first-order valence-corrected chi connectivity index (χ1v) is 4.66. The lowest BCUT2D eigenvalue weighted by atomic mass is 9.83. The van der Waals surface area contributed by atoms with Gasteiger partial charge in [-0.3, -0.25) is 4.79 Å². The first kappa shape index (κ1) is 8.54. The van der Waals surface area contributed by atoms with Gasteiger partial charge in [-0.05, 0) is 25.3 Å². The highest BCUT2D eigenvalue weighted by atomic mass is 16.5. The predicted molar refractivity (Wildman–Crippen MR) is 50.1 cm³/mol. The summed E-state index contributed by atoms with van der Waals surface area (Å²) in [7, 11) is 1.56. The zero-order valence-corrected chi connectivity index (χ0v) is 7.93. The monoisotopic (exact) mass is 178 g/mol. The summed E-state index contributed by atoms with van der Waals surface area (Å²) in [5, 5.41) is 0. The van der Waals surface area contributed by atoms with Crippen LogP contribution in [0.15, 0.2) is 24.0 Å². The molecule has 1 spiro atoms. The van der Waals surface area contributed by atoms with E-state index in [9.17, 15) is 4.79 Å². The number of allylic oxidation sites excluding steroid dienone is 3. The molecule has 0 heterocycles. The molecule has 13 heavy (non-hydrogen) atoms. The normalized spacial score (nSPS) is 32.8. The lowest BCUT2D eigenvalue weighted by Gasteiger charge is -2.20. The number of hydrogen-bond donors (Lipinski definition) is 0. The molecule has 0 radical (unpaired) electrons. The van der Waals surface area contributed by atoms with E-state index >= 15 is 0 Å². The standard InChI is InChI=1S/C11H14O2/c1-8-4-3-5-11(8)6-9(12)10(7-11)13-2/h7H,1,3-6H2,2H3. The van der Waals surface area contributed by atoms with Crippen LogP contribution in [0.1, 0.15) is 25.7 Å². The highest BCUT2D eigenvalue weighted by molar-refractivity contribution is 5.97. The van der Waals surface area contributed by atoms with E-state index in [-0.39, 0.29) is 11.2 Å². The van der Waals surface area contributed by atoms with Crippen LogP contribution in [-0.2, 0) is 9.53 Å². The predicted octanol–water partition coefficient (Wildman–Crippen LogP) is 2.22. The summed E-state index contributed by atoms with van der Waals surface area (Å²) < 4.78 is 5.03. The van der Waals surface area contributed by atoms with E-state index in [4.69, 9.17) is 4.74 Å². The van der Waals surface area contributed by atoms with Gasteiger partial charge < -0.3 is 4.74 Å². The number of ketones is 1. The zero-order valence-electron chi connectivity index (χ0n) is 7.93. The zero-order chi connectivity index (χ0) is 9.47. The second-order valence-corrected chi connectivity index (χ2v) is 3.93. The Bertz CT molecular complexity index is 301. The molecular formula is C11H14O2. The van der Waals surface area contributed by atoms with Crippen molar-refractivity contribution in [3.8, 4) is 0 Å². The molecule has 2 rings (SSSR count). The Morgan fingerprint density at radius 3 is 2.85 bits per heavy atom. The van der Waals surface area contributed by atoms with Crippen molar-refractivity contribution in [3.63, 3.8) is 0 Å². The molecule has 70 valence electrons. The molecule has 0 N–H and O–H groups in total. The van der Waals surface area contributed by atoms with E-state index in [1.807, 2.05) is 6.08 Å². The summed E-state index contributed by atoms with van der Waals surface area (Å²) in [5.74, 6) is 0.661. The SMILES string of the molecule is C=C1CCCC12C=C(OC)C(=O)C2. The van der Waals surface area contributed by atoms with Gasteiger partial charge in [-0.2, -0.15) is 0 Å². The fourth-order valence-electron chi connectivity index (χ4n) is 2.36. The molecule has 0 aliphatic heterocycles. The third kappa shape index (κ3) is 1.12. The topological polar surface area (TPSA) is 26.3 Å². The lowest BCUT2D eigenvalue weighted by molar-refractivity contribution is -0.118. The molecule has 0 aromatic carbocycles. The van der Waals surface area contributed by atoms with Crippen molar-refractivity contribution in [2.75, 3.05) is 7.11 Å². The van der Waals surface area contributed by atoms with Gasteiger partial charge in [-0.15, -0.1) is 0 Å². The molecule has 0 saturated heterocycles. The summed E-state index contributed by atoms with van der Waals surface area (Å²) in [6.07, 6.45) is 5.82. The number of carbonyl (C=O) groups excluding carboxylic acids is 1. The molecule has 2 heteroatoms. The van der Waals surface area contributed by atoms with E-state index < -0.39 is 0 Å². The molecular weight excluding hydrogens is 164 g/mol. The molecule has 2 aliphatic rings. The molecule has 1 fully saturated rings. The second kappa shape index (κ2) is 2.72. The molecule has 2 aliphatic carbocycles. The fourth-order valence-corrected chi connectivity index (χ4v) is 2.36. The van der Waals surface area contributed by atoms with Gasteiger partial charge in [0.2, 0.25) is 0 Å². The van der Waals surface area contributed by atoms with Gasteiger partial charge in [-0.25, -0.2) is 0 Å². The van der Waals surface area contributed by atoms with Crippen LogP contribution in [0.3, 0.4) is 0 Å². The maximum absolute atomic E-state index is 11.5. The Morgan fingerprint density at radius 1 is 1.62 bits per heavy atom. The molecule has 2 nitrogen and oxygen atoms in total. The van der Waals surface area contributed by atoms with Crippen LogP contribution in [0.4, 0.5) is 0 Å². The van der Waals surface area contributed by atoms with Crippen molar-refractivity contribution >= 4 is 5.78 Å². The first-order valence-electron chi connectivity index (χ1n) is 4.66. The third-order valence-corrected chi connectivity index (χ3v) is 3.18. The third-order valence-electron chi connectivity index (χ3n) is 3.18. The second-order valence-electron chi connectivity index (χ2n) is 3.93. The minimum Gasteiger partial charge on any atom is -0.493 e. The van der Waals surface area contributed by atoms with Crippen LogP contribution in [0, 0.1) is 5.41 Å². The van der Waals surface area contributed by atoms with Crippen molar-refractivity contribution < 1.29 is 9.53 Å². The smallest absolute Gasteiger partial charge is 0.198 e. The van der Waals surface area contributed by atoms with E-state index in [1.54, 1.807) is 7.11 Å². The number of Topliss-reactive ketones (excluding diaryl/α,β-unsaturated/α-hetero) is 1. The number of hydrogen-bond acceptors (Lipinski definition) is 2. The maximum atomic E-state index is 11.5. The molecule has 0 aromatic heterocycles. The van der Waals surface area contributed by atoms with Gasteiger partial charge in [-0.1, -0.05) is 12.2 Å². The van der Waals surface area contributed by atoms with E-state index in [0.29, 0.717) is 12.2 Å². The maximum Gasteiger partial charge on any atom is 0.198 e. The molecule has 1 atom stereocenters. The Balaban J connectivity index is 2.33. The van der Waals surface area contributed by atoms with Crippen LogP contribution < -0.4 is 0 Å². The summed E-state index contributed by atoms with van der Waals surface area (Å²) in [6.45, 7) is 4.04. The van der Waals surface area contributed by atoms with Crippen molar-refractivity contribution in [2.45, 2.75) is 25.7 Å². The fraction of sp³-hybridized carbons (Fsp3) is 0.545. The summed E-state index contributed by atoms with van der Waals surface area (Å²) in [6, 6.07) is 0. The summed E-state index contributed by atoms with van der Waals surface area (Å²) in [5.41, 5.74) is 1.16. The molecule has 0 amide bonds. The van der Waals surface area contributed by atoms with E-state index in [0.717, 1.165) is 19.3 Å². The molecule has 0 bridgehead atoms. The van der Waals surface area contributed by atoms with Gasteiger partial charge in [0, 0.05) is 11.8 Å². The van der Waals surface area contributed by atoms with Gasteiger partial charge in [0.05, 0.1) is 7.11 Å². The van der Waals surface area contributed by atoms with E-state index in [1.165, 1.54) is 5.57 Å². The van der Waals surface area contributed by atoms with Crippen LogP contribution in [-0.4, -0.2) is 12.9 Å². The highest BCUT2D eigenvalue weighted by Crippen LogP contribution is 2.50. The summed E-state index contributed by atoms with van der Waals surface area (Å²) in [4.78, 5) is 11.5. The van der Waals surface area contributed by atoms with Crippen molar-refractivity contribution in [1.82, 2.24) is 0 Å². The van der Waals surface area contributed by atoms with Crippen LogP contribution in [0.2, 0.25) is 0 Å². The van der Waals surface area contributed by atoms with Gasteiger partial charge in [0.15, 0.2) is 11.5 Å². The minimum atomic E-state index is -0.0393. The molecule has 1 unspecified atom stereocenters. The minimum absolute atomic E-state index is 0.0393. The molecule has 1 saturated carbocycles. The Labute approximate surface area is 78.3 Å². The van der Waals surface area contributed by atoms with Gasteiger partial charge in [0.1, 0.15) is 0 Å². The highest BCUT2D eigenvalue weighted by Gasteiger charge is 2.43. The summed E-state index contributed by atoms with van der Waals surface area (Å²) >= 11 is 0. The first-order chi connectivity index (χ1) is 6.18. The van der Waals surface area contributed by atoms with Gasteiger partial charge in [0.25, 0.3) is 0 Å². The van der Waals surface area contributed by atoms with Gasteiger partial charge >= 0.3 is 0 Å². The molecule has 0 aromatic rings. The van der Waals surface area contributed by atoms with E-state index in [2.05, 4.69) is 6.58 Å². The quantitative estimate of drug-likeness (QED) is 0.575. The Hall–Kier alpha value is -1.05. The lowest BCUT2D eigenvalue weighted by Crippen LogP contribution is -2.13. The number of methoxy groups -OCH3 is 1. The van der Waals surface area contributed by atoms with Crippen LogP contribution in [0.5, 0.6) is 0 Å². The number of ether oxygens (including phenoxy) is 1. The Kier molecular flexibility index (Phi) is 1.79. The average Bonchev–Trinajstić information content (AvgIpc) is 2.59. The van der Waals surface area contributed by atoms with Crippen molar-refractivity contribution in [2.24, 2.45) is 5.41 Å². The Morgan fingerprint density at radius 2 is 2.38 bits per heavy atom. The van der Waals surface area contributed by atoms with Crippen molar-refractivity contribution in [1.29, 1.82) is 0 Å². The average molecular weight is 178 g/mol. The largest absolute Gasteiger partial charge is 0.493 e. The van der Waals surface area contributed by atoms with Crippen molar-refractivity contribution in [3.05, 3.63) is 24.0 Å².